The third-order valence-corrected chi connectivity index (χ3v) is 9.12. The third kappa shape index (κ3) is 4.22. The Balaban J connectivity index is 0.000000223. The van der Waals surface area contributed by atoms with Crippen LogP contribution in [0.4, 0.5) is 0 Å². The van der Waals surface area contributed by atoms with Gasteiger partial charge in [0.25, 0.3) is 0 Å². The zero-order valence-corrected chi connectivity index (χ0v) is 23.2. The molecule has 0 amide bonds. The predicted octanol–water partition coefficient (Wildman–Crippen LogP) is 2.31. The van der Waals surface area contributed by atoms with Crippen LogP contribution in [0, 0.1) is 5.92 Å². The zero-order chi connectivity index (χ0) is 29.8. The van der Waals surface area contributed by atoms with Gasteiger partial charge in [0, 0.05) is 17.0 Å². The molecule has 3 heterocycles. The van der Waals surface area contributed by atoms with Crippen molar-refractivity contribution in [2.45, 2.75) is 49.0 Å². The number of rotatable bonds is 5. The summed E-state index contributed by atoms with van der Waals surface area (Å²) in [5.41, 5.74) is 3.03. The second kappa shape index (κ2) is 10.6. The Labute approximate surface area is 242 Å². The van der Waals surface area contributed by atoms with Crippen molar-refractivity contribution in [2.75, 3.05) is 27.3 Å². The van der Waals surface area contributed by atoms with Crippen molar-refractivity contribution >= 4 is 11.9 Å². The lowest BCUT2D eigenvalue weighted by Gasteiger charge is -2.56. The van der Waals surface area contributed by atoms with Crippen molar-refractivity contribution in [3.8, 4) is 11.5 Å². The van der Waals surface area contributed by atoms with E-state index in [2.05, 4.69) is 28.8 Å². The minimum Gasteiger partial charge on any atom is -0.505 e. The molecule has 1 spiro atoms. The van der Waals surface area contributed by atoms with Gasteiger partial charge in [0.15, 0.2) is 29.5 Å². The number of hydrogen-bond donors (Lipinski definition) is 4. The number of carbonyl (C=O) groups excluding carboxylic acids is 2. The van der Waals surface area contributed by atoms with Gasteiger partial charge in [-0.25, -0.2) is 9.59 Å². The lowest BCUT2D eigenvalue weighted by Crippen LogP contribution is -2.63. The summed E-state index contributed by atoms with van der Waals surface area (Å²) in [5.74, 6) is -0.405. The van der Waals surface area contributed by atoms with E-state index in [0.29, 0.717) is 23.3 Å². The van der Waals surface area contributed by atoms with Gasteiger partial charge in [-0.1, -0.05) is 24.3 Å². The van der Waals surface area contributed by atoms with Gasteiger partial charge < -0.3 is 44.3 Å². The molecule has 0 unspecified atom stereocenters. The minimum absolute atomic E-state index is 0.157. The number of hydrogen-bond acceptors (Lipinski definition) is 11. The summed E-state index contributed by atoms with van der Waals surface area (Å²) in [4.78, 5) is 25.9. The van der Waals surface area contributed by atoms with Crippen molar-refractivity contribution in [1.29, 1.82) is 0 Å². The fourth-order valence-corrected chi connectivity index (χ4v) is 7.13. The Morgan fingerprint density at radius 1 is 1.17 bits per heavy atom. The SMILES string of the molecule is COc1ccc2c3c1O[C@H]1C(OC(=O)c4ccccc4)=CC[C@H]4[C@@H](C2)N(C)CC[C@]314.O=C1O[C@H]([C@@H](O)CO)C(O)=C1O. The number of esters is 2. The van der Waals surface area contributed by atoms with E-state index in [4.69, 9.17) is 34.6 Å². The maximum Gasteiger partial charge on any atom is 0.377 e. The predicted molar refractivity (Wildman–Crippen MR) is 147 cm³/mol. The van der Waals surface area contributed by atoms with Gasteiger partial charge in [-0.15, -0.1) is 0 Å². The van der Waals surface area contributed by atoms with Crippen LogP contribution in [-0.4, -0.2) is 88.9 Å². The molecule has 2 aromatic rings. The Morgan fingerprint density at radius 2 is 1.93 bits per heavy atom. The van der Waals surface area contributed by atoms with Gasteiger partial charge >= 0.3 is 11.9 Å². The topological polar surface area (TPSA) is 155 Å². The van der Waals surface area contributed by atoms with Crippen molar-refractivity contribution < 1.29 is 49.0 Å². The van der Waals surface area contributed by atoms with Crippen molar-refractivity contribution in [3.05, 3.63) is 82.5 Å². The number of piperidine rings is 1. The average molecular weight is 580 g/mol. The van der Waals surface area contributed by atoms with E-state index in [1.54, 1.807) is 19.2 Å². The summed E-state index contributed by atoms with van der Waals surface area (Å²) in [5, 5.41) is 35.0. The van der Waals surface area contributed by atoms with Gasteiger partial charge in [0.1, 0.15) is 11.9 Å². The highest BCUT2D eigenvalue weighted by Gasteiger charge is 2.64. The van der Waals surface area contributed by atoms with Gasteiger partial charge in [-0.05, 0) is 68.6 Å². The van der Waals surface area contributed by atoms with Crippen LogP contribution in [0.25, 0.3) is 0 Å². The van der Waals surface area contributed by atoms with Gasteiger partial charge in [0.2, 0.25) is 5.76 Å². The Hall–Kier alpha value is -4.06. The van der Waals surface area contributed by atoms with E-state index in [-0.39, 0.29) is 17.5 Å². The number of benzene rings is 2. The first-order valence-electron chi connectivity index (χ1n) is 13.9. The van der Waals surface area contributed by atoms with Crippen LogP contribution in [-0.2, 0) is 26.1 Å². The van der Waals surface area contributed by atoms with Crippen LogP contribution in [0.1, 0.15) is 34.3 Å². The maximum absolute atomic E-state index is 12.8. The van der Waals surface area contributed by atoms with Crippen molar-refractivity contribution in [1.82, 2.24) is 4.90 Å². The number of methoxy groups -OCH3 is 1. The number of ether oxygens (including phenoxy) is 4. The first-order chi connectivity index (χ1) is 20.2. The molecule has 1 saturated heterocycles. The molecule has 2 aromatic carbocycles. The number of carbonyl (C=O) groups is 2. The number of cyclic esters (lactones) is 1. The molecular formula is C31H33NO10. The van der Waals surface area contributed by atoms with E-state index in [9.17, 15) is 9.59 Å². The van der Waals surface area contributed by atoms with E-state index < -0.39 is 36.3 Å². The molecule has 1 fully saturated rings. The number of likely N-dealkylation sites (N-methyl/N-ethyl adjacent to an activating group) is 1. The summed E-state index contributed by atoms with van der Waals surface area (Å²) >= 11 is 0. The Bertz CT molecular complexity index is 1470. The molecular weight excluding hydrogens is 546 g/mol. The standard InChI is InChI=1S/C25H25NO4.C6H8O6/c1-26-13-12-25-17-9-11-20(29-24(27)15-6-4-3-5-7-15)23(25)30-22-19(28-2)10-8-16(21(22)25)14-18(17)26;7-1-2(8)5-3(9)4(10)6(11)12-5/h3-8,10-11,17-18,23H,9,12-14H2,1-2H3;2,5,7-10H,1H2/t17-,18+,23-,25-;2-,5+/m00/s1. The lowest BCUT2D eigenvalue weighted by atomic mass is 9.53. The van der Waals surface area contributed by atoms with E-state index in [1.807, 2.05) is 24.3 Å². The first kappa shape index (κ1) is 28.1. The molecule has 11 heteroatoms. The van der Waals surface area contributed by atoms with E-state index in [0.717, 1.165) is 37.3 Å². The van der Waals surface area contributed by atoms with Crippen LogP contribution < -0.4 is 9.47 Å². The number of likely N-dealkylation sites (tertiary alicyclic amines) is 1. The van der Waals surface area contributed by atoms with Gasteiger partial charge in [0.05, 0.1) is 19.3 Å². The molecule has 0 saturated carbocycles. The summed E-state index contributed by atoms with van der Waals surface area (Å²) in [6, 6.07) is 13.8. The average Bonchev–Trinajstić information content (AvgIpc) is 3.49. The molecule has 4 N–H and O–H groups in total. The molecule has 7 rings (SSSR count). The van der Waals surface area contributed by atoms with Crippen molar-refractivity contribution in [2.24, 2.45) is 5.92 Å². The highest BCUT2D eigenvalue weighted by atomic mass is 16.6. The molecule has 6 atom stereocenters. The van der Waals surface area contributed by atoms with E-state index >= 15 is 0 Å². The quantitative estimate of drug-likeness (QED) is 0.386. The fourth-order valence-electron chi connectivity index (χ4n) is 7.13. The minimum atomic E-state index is -1.42. The van der Waals surface area contributed by atoms with Gasteiger partial charge in [-0.3, -0.25) is 0 Å². The number of allylic oxidation sites excluding steroid dienone is 1. The van der Waals surface area contributed by atoms with Crippen molar-refractivity contribution in [3.63, 3.8) is 0 Å². The monoisotopic (exact) mass is 579 g/mol. The lowest BCUT2D eigenvalue weighted by molar-refractivity contribution is -0.147. The maximum atomic E-state index is 12.8. The molecule has 5 aliphatic rings. The Kier molecular flexibility index (Phi) is 7.12. The van der Waals surface area contributed by atoms with Crippen LogP contribution in [0.2, 0.25) is 0 Å². The second-order valence-corrected chi connectivity index (χ2v) is 11.2. The van der Waals surface area contributed by atoms with E-state index in [1.165, 1.54) is 11.1 Å². The Morgan fingerprint density at radius 3 is 2.60 bits per heavy atom. The summed E-state index contributed by atoms with van der Waals surface area (Å²) in [6.45, 7) is 0.340. The highest BCUT2D eigenvalue weighted by molar-refractivity contribution is 5.90. The number of nitrogens with zero attached hydrogens (tertiary/aromatic N) is 1. The smallest absolute Gasteiger partial charge is 0.377 e. The molecule has 3 aliphatic heterocycles. The zero-order valence-electron chi connectivity index (χ0n) is 23.2. The van der Waals surface area contributed by atoms with Gasteiger partial charge in [-0.2, -0.15) is 0 Å². The van der Waals surface area contributed by atoms with Crippen LogP contribution in [0.3, 0.4) is 0 Å². The second-order valence-electron chi connectivity index (χ2n) is 11.2. The van der Waals surface area contributed by atoms with Crippen LogP contribution in [0.15, 0.2) is 65.8 Å². The molecule has 222 valence electrons. The number of aliphatic hydroxyl groups excluding tert-OH is 4. The summed E-state index contributed by atoms with van der Waals surface area (Å²) < 4.78 is 22.5. The third-order valence-electron chi connectivity index (χ3n) is 9.12. The summed E-state index contributed by atoms with van der Waals surface area (Å²) in [7, 11) is 3.91. The fraction of sp³-hybridized carbons (Fsp3) is 0.419. The molecule has 42 heavy (non-hydrogen) atoms. The van der Waals surface area contributed by atoms with Crippen LogP contribution >= 0.6 is 0 Å². The molecule has 0 radical (unpaired) electrons. The van der Waals surface area contributed by atoms with Crippen LogP contribution in [0.5, 0.6) is 11.5 Å². The molecule has 2 aliphatic carbocycles. The molecule has 11 nitrogen and oxygen atoms in total. The molecule has 0 aromatic heterocycles. The highest BCUT2D eigenvalue weighted by Crippen LogP contribution is 2.63. The molecule has 2 bridgehead atoms. The summed E-state index contributed by atoms with van der Waals surface area (Å²) in [6.07, 6.45) is 1.93. The first-order valence-corrected chi connectivity index (χ1v) is 13.9. The normalized spacial score (nSPS) is 29.3. The number of aliphatic hydroxyl groups is 4. The largest absolute Gasteiger partial charge is 0.505 e.